The Balaban J connectivity index is 2.08. The second-order valence-electron chi connectivity index (χ2n) is 4.18. The maximum Gasteiger partial charge on any atom is 0.270 e. The Kier molecular flexibility index (Phi) is 4.10. The van der Waals surface area contributed by atoms with Crippen molar-refractivity contribution in [3.63, 3.8) is 0 Å². The summed E-state index contributed by atoms with van der Waals surface area (Å²) in [6.45, 7) is 1.93. The summed E-state index contributed by atoms with van der Waals surface area (Å²) < 4.78 is 0. The van der Waals surface area contributed by atoms with E-state index in [0.717, 1.165) is 5.56 Å². The number of hydrogen-bond donors (Lipinski definition) is 3. The molecule has 0 spiro atoms. The predicted octanol–water partition coefficient (Wildman–Crippen LogP) is 1.86. The maximum absolute atomic E-state index is 12.1. The zero-order valence-electron chi connectivity index (χ0n) is 10.6. The summed E-state index contributed by atoms with van der Waals surface area (Å²) in [6.07, 6.45) is 1.54. The molecule has 1 atom stereocenters. The Bertz CT molecular complexity index is 556. The summed E-state index contributed by atoms with van der Waals surface area (Å²) in [7, 11) is 0. The molecular formula is C14H16N4O. The average molecular weight is 256 g/mol. The van der Waals surface area contributed by atoms with Crippen LogP contribution in [0.5, 0.6) is 0 Å². The number of hydrogen-bond acceptors (Lipinski definition) is 4. The number of nitrogens with two attached hydrogens (primary N) is 1. The van der Waals surface area contributed by atoms with Crippen LogP contribution < -0.4 is 16.6 Å². The lowest BCUT2D eigenvalue weighted by Gasteiger charge is -2.14. The van der Waals surface area contributed by atoms with Crippen LogP contribution in [0.1, 0.15) is 29.0 Å². The third-order valence-electron chi connectivity index (χ3n) is 2.81. The van der Waals surface area contributed by atoms with E-state index in [-0.39, 0.29) is 11.9 Å². The lowest BCUT2D eigenvalue weighted by molar-refractivity contribution is 0.0935. The molecule has 2 rings (SSSR count). The number of amides is 1. The van der Waals surface area contributed by atoms with Crippen LogP contribution >= 0.6 is 0 Å². The molecule has 1 heterocycles. The van der Waals surface area contributed by atoms with Gasteiger partial charge in [-0.25, -0.2) is 0 Å². The SMILES string of the molecule is CC(NC(=O)c1cc(NN)ccn1)c1ccccc1. The van der Waals surface area contributed by atoms with Crippen molar-refractivity contribution in [3.05, 3.63) is 59.9 Å². The van der Waals surface area contributed by atoms with E-state index in [1.165, 1.54) is 6.20 Å². The van der Waals surface area contributed by atoms with E-state index < -0.39 is 0 Å². The first kappa shape index (κ1) is 13.0. The van der Waals surface area contributed by atoms with E-state index in [0.29, 0.717) is 11.4 Å². The first-order valence-electron chi connectivity index (χ1n) is 5.99. The molecule has 0 aliphatic heterocycles. The van der Waals surface area contributed by atoms with E-state index in [9.17, 15) is 4.79 Å². The summed E-state index contributed by atoms with van der Waals surface area (Å²) >= 11 is 0. The molecule has 5 heteroatoms. The smallest absolute Gasteiger partial charge is 0.270 e. The van der Waals surface area contributed by atoms with Crippen molar-refractivity contribution < 1.29 is 4.79 Å². The zero-order chi connectivity index (χ0) is 13.7. The number of hydrazine groups is 1. The highest BCUT2D eigenvalue weighted by atomic mass is 16.1. The largest absolute Gasteiger partial charge is 0.344 e. The molecule has 2 aromatic rings. The lowest BCUT2D eigenvalue weighted by Crippen LogP contribution is -2.27. The Hall–Kier alpha value is -2.40. The second kappa shape index (κ2) is 5.97. The molecule has 0 aliphatic carbocycles. The highest BCUT2D eigenvalue weighted by Gasteiger charge is 2.12. The van der Waals surface area contributed by atoms with Crippen molar-refractivity contribution >= 4 is 11.6 Å². The van der Waals surface area contributed by atoms with Gasteiger partial charge >= 0.3 is 0 Å². The van der Waals surface area contributed by atoms with Gasteiger partial charge in [-0.15, -0.1) is 0 Å². The monoisotopic (exact) mass is 256 g/mol. The topological polar surface area (TPSA) is 80.0 Å². The van der Waals surface area contributed by atoms with Crippen LogP contribution in [0.25, 0.3) is 0 Å². The molecule has 1 aromatic heterocycles. The van der Waals surface area contributed by atoms with Gasteiger partial charge in [-0.3, -0.25) is 15.6 Å². The van der Waals surface area contributed by atoms with Gasteiger partial charge < -0.3 is 10.7 Å². The van der Waals surface area contributed by atoms with Crippen LogP contribution in [0, 0.1) is 0 Å². The van der Waals surface area contributed by atoms with Crippen LogP contribution in [0.3, 0.4) is 0 Å². The van der Waals surface area contributed by atoms with Crippen LogP contribution in [0.15, 0.2) is 48.7 Å². The molecule has 0 bridgehead atoms. The molecular weight excluding hydrogens is 240 g/mol. The molecule has 4 N–H and O–H groups in total. The first-order valence-corrected chi connectivity index (χ1v) is 5.99. The molecule has 98 valence electrons. The zero-order valence-corrected chi connectivity index (χ0v) is 10.6. The molecule has 0 saturated heterocycles. The Morgan fingerprint density at radius 3 is 2.68 bits per heavy atom. The number of nitrogens with zero attached hydrogens (tertiary/aromatic N) is 1. The van der Waals surface area contributed by atoms with Gasteiger partial charge in [-0.05, 0) is 24.6 Å². The summed E-state index contributed by atoms with van der Waals surface area (Å²) in [5.41, 5.74) is 4.51. The molecule has 1 unspecified atom stereocenters. The van der Waals surface area contributed by atoms with Crippen LogP contribution in [0.4, 0.5) is 5.69 Å². The number of pyridine rings is 1. The van der Waals surface area contributed by atoms with Gasteiger partial charge in [0.25, 0.3) is 5.91 Å². The van der Waals surface area contributed by atoms with Gasteiger partial charge in [-0.2, -0.15) is 0 Å². The Morgan fingerprint density at radius 1 is 1.26 bits per heavy atom. The fourth-order valence-electron chi connectivity index (χ4n) is 1.74. The number of rotatable bonds is 4. The van der Waals surface area contributed by atoms with Crippen LogP contribution in [0.2, 0.25) is 0 Å². The fourth-order valence-corrected chi connectivity index (χ4v) is 1.74. The first-order chi connectivity index (χ1) is 9.20. The molecule has 0 saturated carbocycles. The minimum atomic E-state index is -0.228. The average Bonchev–Trinajstić information content (AvgIpc) is 2.48. The van der Waals surface area contributed by atoms with Crippen molar-refractivity contribution in [1.82, 2.24) is 10.3 Å². The quantitative estimate of drug-likeness (QED) is 0.576. The van der Waals surface area contributed by atoms with Crippen molar-refractivity contribution in [2.24, 2.45) is 5.84 Å². The Morgan fingerprint density at radius 2 is 2.00 bits per heavy atom. The van der Waals surface area contributed by atoms with E-state index in [4.69, 9.17) is 5.84 Å². The molecule has 19 heavy (non-hydrogen) atoms. The van der Waals surface area contributed by atoms with Gasteiger partial charge in [0.15, 0.2) is 0 Å². The van der Waals surface area contributed by atoms with Gasteiger partial charge in [-0.1, -0.05) is 30.3 Å². The summed E-state index contributed by atoms with van der Waals surface area (Å²) in [5.74, 6) is 5.07. The highest BCUT2D eigenvalue weighted by molar-refractivity contribution is 5.93. The van der Waals surface area contributed by atoms with Crippen LogP contribution in [-0.2, 0) is 0 Å². The number of carbonyl (C=O) groups is 1. The van der Waals surface area contributed by atoms with Crippen LogP contribution in [-0.4, -0.2) is 10.9 Å². The van der Waals surface area contributed by atoms with Gasteiger partial charge in [0.1, 0.15) is 5.69 Å². The Labute approximate surface area is 111 Å². The van der Waals surface area contributed by atoms with Gasteiger partial charge in [0.2, 0.25) is 0 Å². The summed E-state index contributed by atoms with van der Waals surface area (Å²) in [5, 5.41) is 2.89. The molecule has 0 fully saturated rings. The lowest BCUT2D eigenvalue weighted by atomic mass is 10.1. The maximum atomic E-state index is 12.1. The van der Waals surface area contributed by atoms with Crippen molar-refractivity contribution in [2.45, 2.75) is 13.0 Å². The molecule has 5 nitrogen and oxygen atoms in total. The van der Waals surface area contributed by atoms with E-state index in [2.05, 4.69) is 15.7 Å². The molecule has 1 amide bonds. The van der Waals surface area contributed by atoms with E-state index in [1.807, 2.05) is 37.3 Å². The van der Waals surface area contributed by atoms with Gasteiger partial charge in [0, 0.05) is 6.20 Å². The minimum Gasteiger partial charge on any atom is -0.344 e. The third-order valence-corrected chi connectivity index (χ3v) is 2.81. The van der Waals surface area contributed by atoms with Crippen molar-refractivity contribution in [1.29, 1.82) is 0 Å². The third kappa shape index (κ3) is 3.29. The predicted molar refractivity (Wildman–Crippen MR) is 74.4 cm³/mol. The minimum absolute atomic E-state index is 0.0787. The van der Waals surface area contributed by atoms with Crippen molar-refractivity contribution in [3.8, 4) is 0 Å². The number of anilines is 1. The molecule has 0 aliphatic rings. The van der Waals surface area contributed by atoms with Gasteiger partial charge in [0.05, 0.1) is 11.7 Å². The number of aromatic nitrogens is 1. The highest BCUT2D eigenvalue weighted by Crippen LogP contribution is 2.12. The number of nitrogen functional groups attached to an aromatic ring is 1. The number of benzene rings is 1. The van der Waals surface area contributed by atoms with Crippen molar-refractivity contribution in [2.75, 3.05) is 5.43 Å². The molecule has 1 aromatic carbocycles. The second-order valence-corrected chi connectivity index (χ2v) is 4.18. The summed E-state index contributed by atoms with van der Waals surface area (Å²) in [6, 6.07) is 13.0. The normalized spacial score (nSPS) is 11.7. The number of nitrogens with one attached hydrogen (secondary N) is 2. The van der Waals surface area contributed by atoms with E-state index in [1.54, 1.807) is 12.1 Å². The molecule has 0 radical (unpaired) electrons. The number of carbonyl (C=O) groups excluding carboxylic acids is 1. The fraction of sp³-hybridized carbons (Fsp3) is 0.143. The van der Waals surface area contributed by atoms with E-state index >= 15 is 0 Å². The standard InChI is InChI=1S/C14H16N4O/c1-10(11-5-3-2-4-6-11)17-14(19)13-9-12(18-15)7-8-16-13/h2-10H,15H2,1H3,(H,16,18)(H,17,19). The summed E-state index contributed by atoms with van der Waals surface area (Å²) in [4.78, 5) is 16.1.